The molecular formula is C11H22N2O2S. The number of piperazine rings is 1. The summed E-state index contributed by atoms with van der Waals surface area (Å²) >= 11 is 4.42. The SMILES string of the molecule is CC(C)N1CCN(C(C)S)C(CC(=O)O)C1. The van der Waals surface area contributed by atoms with E-state index < -0.39 is 5.97 Å². The average molecular weight is 246 g/mol. The molecule has 1 heterocycles. The van der Waals surface area contributed by atoms with Crippen LogP contribution >= 0.6 is 12.6 Å². The standard InChI is InChI=1S/C11H22N2O2S/c1-8(2)12-4-5-13(9(3)16)10(7-12)6-11(14)15/h8-10,16H,4-7H2,1-3H3,(H,14,15). The van der Waals surface area contributed by atoms with Crippen molar-refractivity contribution >= 4 is 18.6 Å². The van der Waals surface area contributed by atoms with Gasteiger partial charge in [-0.15, -0.1) is 0 Å². The van der Waals surface area contributed by atoms with E-state index in [-0.39, 0.29) is 17.8 Å². The highest BCUT2D eigenvalue weighted by atomic mass is 32.1. The number of hydrogen-bond acceptors (Lipinski definition) is 4. The van der Waals surface area contributed by atoms with Crippen LogP contribution in [0.5, 0.6) is 0 Å². The Morgan fingerprint density at radius 1 is 1.44 bits per heavy atom. The Balaban J connectivity index is 2.65. The van der Waals surface area contributed by atoms with Gasteiger partial charge in [0.15, 0.2) is 0 Å². The van der Waals surface area contributed by atoms with Crippen LogP contribution in [0.4, 0.5) is 0 Å². The van der Waals surface area contributed by atoms with Gasteiger partial charge in [-0.1, -0.05) is 0 Å². The molecule has 2 unspecified atom stereocenters. The van der Waals surface area contributed by atoms with Crippen LogP contribution in [0, 0.1) is 0 Å². The van der Waals surface area contributed by atoms with Gasteiger partial charge in [-0.2, -0.15) is 12.6 Å². The van der Waals surface area contributed by atoms with E-state index >= 15 is 0 Å². The zero-order valence-corrected chi connectivity index (χ0v) is 11.2. The molecular weight excluding hydrogens is 224 g/mol. The Labute approximate surface area is 103 Å². The van der Waals surface area contributed by atoms with Gasteiger partial charge < -0.3 is 5.11 Å². The van der Waals surface area contributed by atoms with E-state index in [1.165, 1.54) is 0 Å². The number of hydrogen-bond donors (Lipinski definition) is 2. The van der Waals surface area contributed by atoms with Crippen molar-refractivity contribution in [2.75, 3.05) is 19.6 Å². The van der Waals surface area contributed by atoms with Gasteiger partial charge in [0.1, 0.15) is 0 Å². The number of carbonyl (C=O) groups is 1. The predicted molar refractivity (Wildman–Crippen MR) is 67.9 cm³/mol. The van der Waals surface area contributed by atoms with Crippen LogP contribution in [0.2, 0.25) is 0 Å². The van der Waals surface area contributed by atoms with Crippen molar-refractivity contribution in [2.45, 2.75) is 44.6 Å². The molecule has 16 heavy (non-hydrogen) atoms. The number of aliphatic carboxylic acids is 1. The zero-order valence-electron chi connectivity index (χ0n) is 10.3. The van der Waals surface area contributed by atoms with Gasteiger partial charge in [-0.25, -0.2) is 0 Å². The highest BCUT2D eigenvalue weighted by molar-refractivity contribution is 7.80. The van der Waals surface area contributed by atoms with Gasteiger partial charge in [0.2, 0.25) is 0 Å². The van der Waals surface area contributed by atoms with Gasteiger partial charge in [0.05, 0.1) is 11.8 Å². The van der Waals surface area contributed by atoms with Crippen LogP contribution in [0.15, 0.2) is 0 Å². The number of thiol groups is 1. The van der Waals surface area contributed by atoms with Crippen molar-refractivity contribution in [1.82, 2.24) is 9.80 Å². The molecule has 1 aliphatic rings. The summed E-state index contributed by atoms with van der Waals surface area (Å²) in [5.41, 5.74) is 0. The fraction of sp³-hybridized carbons (Fsp3) is 0.909. The molecule has 0 saturated carbocycles. The smallest absolute Gasteiger partial charge is 0.304 e. The second-order valence-corrected chi connectivity index (χ2v) is 5.46. The quantitative estimate of drug-likeness (QED) is 0.730. The first-order chi connectivity index (χ1) is 7.41. The summed E-state index contributed by atoms with van der Waals surface area (Å²) in [4.78, 5) is 15.4. The maximum Gasteiger partial charge on any atom is 0.304 e. The molecule has 1 rings (SSSR count). The lowest BCUT2D eigenvalue weighted by molar-refractivity contribution is -0.139. The maximum atomic E-state index is 10.8. The van der Waals surface area contributed by atoms with Gasteiger partial charge in [0.25, 0.3) is 0 Å². The third-order valence-corrected chi connectivity index (χ3v) is 3.48. The summed E-state index contributed by atoms with van der Waals surface area (Å²) in [6.07, 6.45) is 0.202. The first-order valence-electron chi connectivity index (χ1n) is 5.81. The fourth-order valence-electron chi connectivity index (χ4n) is 2.24. The van der Waals surface area contributed by atoms with E-state index in [0.29, 0.717) is 6.04 Å². The van der Waals surface area contributed by atoms with E-state index in [9.17, 15) is 4.79 Å². The Bertz CT molecular complexity index is 246. The van der Waals surface area contributed by atoms with Crippen LogP contribution in [0.3, 0.4) is 0 Å². The molecule has 1 N–H and O–H groups in total. The lowest BCUT2D eigenvalue weighted by Gasteiger charge is -2.44. The molecule has 0 aliphatic carbocycles. The monoisotopic (exact) mass is 246 g/mol. The molecule has 1 fully saturated rings. The molecule has 2 atom stereocenters. The van der Waals surface area contributed by atoms with Crippen molar-refractivity contribution in [3.8, 4) is 0 Å². The van der Waals surface area contributed by atoms with Crippen LogP contribution in [0.25, 0.3) is 0 Å². The summed E-state index contributed by atoms with van der Waals surface area (Å²) in [5.74, 6) is -0.727. The maximum absolute atomic E-state index is 10.8. The van der Waals surface area contributed by atoms with Crippen LogP contribution < -0.4 is 0 Å². The molecule has 0 radical (unpaired) electrons. The van der Waals surface area contributed by atoms with Crippen molar-refractivity contribution < 1.29 is 9.90 Å². The Morgan fingerprint density at radius 3 is 2.50 bits per heavy atom. The third-order valence-electron chi connectivity index (χ3n) is 3.18. The lowest BCUT2D eigenvalue weighted by Crippen LogP contribution is -2.56. The van der Waals surface area contributed by atoms with Gasteiger partial charge in [-0.3, -0.25) is 14.6 Å². The molecule has 0 amide bonds. The zero-order chi connectivity index (χ0) is 12.3. The van der Waals surface area contributed by atoms with E-state index in [1.807, 2.05) is 6.92 Å². The van der Waals surface area contributed by atoms with Gasteiger partial charge in [-0.05, 0) is 20.8 Å². The molecule has 0 aromatic heterocycles. The first kappa shape index (κ1) is 13.8. The number of rotatable bonds is 4. The number of carboxylic acids is 1. The molecule has 5 heteroatoms. The topological polar surface area (TPSA) is 43.8 Å². The normalized spacial score (nSPS) is 25.9. The van der Waals surface area contributed by atoms with Crippen molar-refractivity contribution in [3.05, 3.63) is 0 Å². The summed E-state index contributed by atoms with van der Waals surface area (Å²) in [7, 11) is 0. The minimum absolute atomic E-state index is 0.0844. The van der Waals surface area contributed by atoms with E-state index in [1.54, 1.807) is 0 Å². The van der Waals surface area contributed by atoms with Crippen molar-refractivity contribution in [1.29, 1.82) is 0 Å². The second-order valence-electron chi connectivity index (χ2n) is 4.71. The lowest BCUT2D eigenvalue weighted by atomic mass is 10.1. The Morgan fingerprint density at radius 2 is 2.06 bits per heavy atom. The number of carboxylic acid groups (broad SMARTS) is 1. The largest absolute Gasteiger partial charge is 0.481 e. The van der Waals surface area contributed by atoms with Crippen LogP contribution in [-0.2, 0) is 4.79 Å². The summed E-state index contributed by atoms with van der Waals surface area (Å²) in [5, 5.41) is 9.04. The minimum atomic E-state index is -0.727. The molecule has 1 saturated heterocycles. The summed E-state index contributed by atoms with van der Waals surface area (Å²) in [6, 6.07) is 0.565. The Hall–Kier alpha value is -0.260. The first-order valence-corrected chi connectivity index (χ1v) is 6.33. The van der Waals surface area contributed by atoms with Crippen molar-refractivity contribution in [2.24, 2.45) is 0 Å². The molecule has 94 valence electrons. The highest BCUT2D eigenvalue weighted by Crippen LogP contribution is 2.19. The molecule has 0 spiro atoms. The molecule has 0 bridgehead atoms. The predicted octanol–water partition coefficient (Wildman–Crippen LogP) is 1.13. The van der Waals surface area contributed by atoms with E-state index in [0.717, 1.165) is 19.6 Å². The van der Waals surface area contributed by atoms with Gasteiger partial charge in [0, 0.05) is 31.7 Å². The summed E-state index contributed by atoms with van der Waals surface area (Å²) < 4.78 is 0. The number of nitrogens with zero attached hydrogens (tertiary/aromatic N) is 2. The molecule has 1 aliphatic heterocycles. The van der Waals surface area contributed by atoms with Gasteiger partial charge >= 0.3 is 5.97 Å². The molecule has 0 aromatic rings. The molecule has 4 nitrogen and oxygen atoms in total. The van der Waals surface area contributed by atoms with Crippen LogP contribution in [0.1, 0.15) is 27.2 Å². The Kier molecular flexibility index (Phi) is 5.08. The summed E-state index contributed by atoms with van der Waals surface area (Å²) in [6.45, 7) is 9.03. The molecule has 0 aromatic carbocycles. The van der Waals surface area contributed by atoms with Crippen molar-refractivity contribution in [3.63, 3.8) is 0 Å². The van der Waals surface area contributed by atoms with E-state index in [4.69, 9.17) is 5.11 Å². The van der Waals surface area contributed by atoms with Crippen LogP contribution in [-0.4, -0.2) is 58.0 Å². The second kappa shape index (κ2) is 5.89. The third kappa shape index (κ3) is 3.64. The minimum Gasteiger partial charge on any atom is -0.481 e. The van der Waals surface area contributed by atoms with E-state index in [2.05, 4.69) is 36.3 Å². The highest BCUT2D eigenvalue weighted by Gasteiger charge is 2.31. The fourth-order valence-corrected chi connectivity index (χ4v) is 2.54. The average Bonchev–Trinajstić information content (AvgIpc) is 2.15.